The molecule has 0 bridgehead atoms. The average Bonchev–Trinajstić information content (AvgIpc) is 2.55. The minimum absolute atomic E-state index is 0.0224. The maximum absolute atomic E-state index is 14.1. The second-order valence-electron chi connectivity index (χ2n) is 5.35. The Bertz CT molecular complexity index is 939. The van der Waals surface area contributed by atoms with Gasteiger partial charge >= 0.3 is 11.7 Å². The summed E-state index contributed by atoms with van der Waals surface area (Å²) >= 11 is 7.46. The van der Waals surface area contributed by atoms with Crippen molar-refractivity contribution in [1.29, 1.82) is 0 Å². The molecule has 6 nitrogen and oxygen atoms in total. The van der Waals surface area contributed by atoms with Gasteiger partial charge in [0.15, 0.2) is 0 Å². The number of aryl methyl sites for hydroxylation is 1. The zero-order chi connectivity index (χ0) is 18.7. The fraction of sp³-hybridized carbons (Fsp3) is 0.312. The van der Waals surface area contributed by atoms with Crippen molar-refractivity contribution in [1.82, 2.24) is 9.13 Å². The van der Waals surface area contributed by atoms with E-state index >= 15 is 0 Å². The molecular weight excluding hydrogens is 371 g/mol. The molecule has 1 N–H and O–H groups in total. The topological polar surface area (TPSA) is 81.3 Å². The van der Waals surface area contributed by atoms with Crippen LogP contribution in [0.2, 0.25) is 5.02 Å². The molecule has 25 heavy (non-hydrogen) atoms. The van der Waals surface area contributed by atoms with Crippen LogP contribution in [0.25, 0.3) is 11.1 Å². The lowest BCUT2D eigenvalue weighted by atomic mass is 10.1. The molecule has 0 radical (unpaired) electrons. The number of benzene rings is 1. The maximum Gasteiger partial charge on any atom is 0.331 e. The van der Waals surface area contributed by atoms with Crippen molar-refractivity contribution in [3.8, 4) is 11.1 Å². The Morgan fingerprint density at radius 1 is 1.32 bits per heavy atom. The van der Waals surface area contributed by atoms with E-state index in [2.05, 4.69) is 0 Å². The largest absolute Gasteiger partial charge is 0.480 e. The lowest BCUT2D eigenvalue weighted by Gasteiger charge is -2.13. The van der Waals surface area contributed by atoms with Crippen LogP contribution in [0.15, 0.2) is 27.9 Å². The summed E-state index contributed by atoms with van der Waals surface area (Å²) < 4.78 is 16.0. The SMILES string of the molecule is CSCCn1c(=O)c(-c2ccc(C)c(F)c2Cl)cn(CC(=O)O)c1=O. The molecule has 2 rings (SSSR count). The number of thioether (sulfide) groups is 1. The molecule has 1 heterocycles. The van der Waals surface area contributed by atoms with Crippen molar-refractivity contribution in [3.05, 3.63) is 55.6 Å². The van der Waals surface area contributed by atoms with Gasteiger partial charge in [-0.2, -0.15) is 11.8 Å². The van der Waals surface area contributed by atoms with Gasteiger partial charge in [0.05, 0.1) is 10.6 Å². The molecule has 0 spiro atoms. The number of hydrogen-bond acceptors (Lipinski definition) is 4. The number of aliphatic carboxylic acids is 1. The van der Waals surface area contributed by atoms with Gasteiger partial charge in [0.25, 0.3) is 5.56 Å². The lowest BCUT2D eigenvalue weighted by molar-refractivity contribution is -0.137. The van der Waals surface area contributed by atoms with Crippen LogP contribution in [0, 0.1) is 12.7 Å². The molecule has 0 saturated carbocycles. The van der Waals surface area contributed by atoms with Crippen molar-refractivity contribution in [2.45, 2.75) is 20.0 Å². The van der Waals surface area contributed by atoms with Gasteiger partial charge in [0, 0.05) is 24.1 Å². The molecule has 1 aromatic heterocycles. The fourth-order valence-corrected chi connectivity index (χ4v) is 3.01. The number of nitrogens with zero attached hydrogens (tertiary/aromatic N) is 2. The summed E-state index contributed by atoms with van der Waals surface area (Å²) in [6, 6.07) is 2.95. The molecule has 9 heteroatoms. The Balaban J connectivity index is 2.77. The van der Waals surface area contributed by atoms with Crippen LogP contribution < -0.4 is 11.2 Å². The molecule has 0 aliphatic heterocycles. The Morgan fingerprint density at radius 2 is 2.00 bits per heavy atom. The number of carboxylic acid groups (broad SMARTS) is 1. The van der Waals surface area contributed by atoms with E-state index < -0.39 is 29.6 Å². The highest BCUT2D eigenvalue weighted by atomic mass is 35.5. The molecule has 0 aliphatic carbocycles. The first kappa shape index (κ1) is 19.3. The number of aromatic nitrogens is 2. The van der Waals surface area contributed by atoms with Gasteiger partial charge in [0.2, 0.25) is 0 Å². The van der Waals surface area contributed by atoms with Gasteiger partial charge in [-0.25, -0.2) is 9.18 Å². The van der Waals surface area contributed by atoms with Crippen LogP contribution >= 0.6 is 23.4 Å². The van der Waals surface area contributed by atoms with E-state index in [0.717, 1.165) is 15.3 Å². The molecule has 0 amide bonds. The Hall–Kier alpha value is -2.06. The van der Waals surface area contributed by atoms with E-state index in [9.17, 15) is 18.8 Å². The molecule has 0 fully saturated rings. The summed E-state index contributed by atoms with van der Waals surface area (Å²) in [5.41, 5.74) is -0.951. The maximum atomic E-state index is 14.1. The van der Waals surface area contributed by atoms with Crippen LogP contribution in [-0.4, -0.2) is 32.2 Å². The summed E-state index contributed by atoms with van der Waals surface area (Å²) in [7, 11) is 0. The summed E-state index contributed by atoms with van der Waals surface area (Å²) in [6.45, 7) is 1.03. The summed E-state index contributed by atoms with van der Waals surface area (Å²) in [5, 5.41) is 8.75. The van der Waals surface area contributed by atoms with E-state index in [0.29, 0.717) is 11.3 Å². The molecular formula is C16H16ClFN2O4S. The van der Waals surface area contributed by atoms with Crippen LogP contribution in [0.1, 0.15) is 5.56 Å². The third kappa shape index (κ3) is 3.96. The average molecular weight is 387 g/mol. The van der Waals surface area contributed by atoms with Crippen molar-refractivity contribution in [2.75, 3.05) is 12.0 Å². The predicted octanol–water partition coefficient (Wildman–Crippen LogP) is 2.23. The van der Waals surface area contributed by atoms with Gasteiger partial charge in [-0.15, -0.1) is 0 Å². The zero-order valence-corrected chi connectivity index (χ0v) is 15.2. The van der Waals surface area contributed by atoms with E-state index in [1.165, 1.54) is 30.8 Å². The van der Waals surface area contributed by atoms with Crippen molar-refractivity contribution >= 4 is 29.3 Å². The van der Waals surface area contributed by atoms with Gasteiger partial charge < -0.3 is 5.11 Å². The Kier molecular flexibility index (Phi) is 6.07. The fourth-order valence-electron chi connectivity index (χ4n) is 2.33. The summed E-state index contributed by atoms with van der Waals surface area (Å²) in [4.78, 5) is 36.1. The highest BCUT2D eigenvalue weighted by molar-refractivity contribution is 7.98. The monoisotopic (exact) mass is 386 g/mol. The summed E-state index contributed by atoms with van der Waals surface area (Å²) in [5.74, 6) is -1.41. The van der Waals surface area contributed by atoms with Crippen molar-refractivity contribution in [3.63, 3.8) is 0 Å². The number of halogens is 2. The molecule has 0 atom stereocenters. The second kappa shape index (κ2) is 7.88. The molecule has 134 valence electrons. The number of rotatable bonds is 6. The standard InChI is InChI=1S/C16H16ClFN2O4S/c1-9-3-4-10(13(17)14(9)18)11-7-19(8-12(21)22)16(24)20(15(11)23)5-6-25-2/h3-4,7H,5-6,8H2,1-2H3,(H,21,22). The highest BCUT2D eigenvalue weighted by Crippen LogP contribution is 2.29. The van der Waals surface area contributed by atoms with E-state index in [1.54, 1.807) is 0 Å². The second-order valence-corrected chi connectivity index (χ2v) is 6.72. The number of hydrogen-bond donors (Lipinski definition) is 1. The first-order valence-corrected chi connectivity index (χ1v) is 9.05. The number of carboxylic acids is 1. The quantitative estimate of drug-likeness (QED) is 0.823. The third-order valence-corrected chi connectivity index (χ3v) is 4.59. The van der Waals surface area contributed by atoms with Crippen LogP contribution in [-0.2, 0) is 17.9 Å². The molecule has 0 unspecified atom stereocenters. The van der Waals surface area contributed by atoms with Crippen LogP contribution in [0.3, 0.4) is 0 Å². The first-order valence-electron chi connectivity index (χ1n) is 7.28. The first-order chi connectivity index (χ1) is 11.8. The summed E-state index contributed by atoms with van der Waals surface area (Å²) in [6.07, 6.45) is 2.93. The molecule has 0 aliphatic rings. The van der Waals surface area contributed by atoms with Gasteiger partial charge in [0.1, 0.15) is 12.4 Å². The molecule has 2 aromatic rings. The van der Waals surface area contributed by atoms with E-state index in [1.807, 2.05) is 6.26 Å². The Morgan fingerprint density at radius 3 is 2.60 bits per heavy atom. The minimum Gasteiger partial charge on any atom is -0.480 e. The zero-order valence-electron chi connectivity index (χ0n) is 13.6. The smallest absolute Gasteiger partial charge is 0.331 e. The Labute approximate surface area is 151 Å². The van der Waals surface area contributed by atoms with Gasteiger partial charge in [-0.05, 0) is 18.7 Å². The predicted molar refractivity (Wildman–Crippen MR) is 96.1 cm³/mol. The van der Waals surface area contributed by atoms with E-state index in [4.69, 9.17) is 16.7 Å². The van der Waals surface area contributed by atoms with Crippen LogP contribution in [0.5, 0.6) is 0 Å². The molecule has 1 aromatic carbocycles. The third-order valence-electron chi connectivity index (χ3n) is 3.63. The normalized spacial score (nSPS) is 10.9. The minimum atomic E-state index is -1.23. The van der Waals surface area contributed by atoms with Crippen molar-refractivity contribution in [2.24, 2.45) is 0 Å². The van der Waals surface area contributed by atoms with Crippen molar-refractivity contribution < 1.29 is 14.3 Å². The molecule has 0 saturated heterocycles. The van der Waals surface area contributed by atoms with Gasteiger partial charge in [-0.1, -0.05) is 23.7 Å². The van der Waals surface area contributed by atoms with Gasteiger partial charge in [-0.3, -0.25) is 18.7 Å². The van der Waals surface area contributed by atoms with E-state index in [-0.39, 0.29) is 22.7 Å². The van der Waals surface area contributed by atoms with Crippen LogP contribution in [0.4, 0.5) is 4.39 Å². The lowest BCUT2D eigenvalue weighted by Crippen LogP contribution is -2.41. The highest BCUT2D eigenvalue weighted by Gasteiger charge is 2.18. The number of carbonyl (C=O) groups is 1.